The number of benzene rings is 2. The van der Waals surface area contributed by atoms with E-state index in [1.807, 2.05) is 36.4 Å². The Balaban J connectivity index is 1.58. The van der Waals surface area contributed by atoms with Gasteiger partial charge in [-0.25, -0.2) is 8.42 Å². The maximum atomic E-state index is 13.7. The third-order valence-corrected chi connectivity index (χ3v) is 8.45. The molecule has 0 aliphatic rings. The average Bonchev–Trinajstić information content (AvgIpc) is 3.38. The summed E-state index contributed by atoms with van der Waals surface area (Å²) in [6, 6.07) is 20.8. The van der Waals surface area contributed by atoms with Gasteiger partial charge in [-0.05, 0) is 65.9 Å². The van der Waals surface area contributed by atoms with Gasteiger partial charge in [0.25, 0.3) is 0 Å². The molecule has 4 aromatic rings. The summed E-state index contributed by atoms with van der Waals surface area (Å²) in [5.74, 6) is -0.402. The minimum atomic E-state index is -4.13. The van der Waals surface area contributed by atoms with Crippen LogP contribution in [-0.2, 0) is 27.9 Å². The Morgan fingerprint density at radius 3 is 2.62 bits per heavy atom. The molecule has 0 fully saturated rings. The van der Waals surface area contributed by atoms with Crippen LogP contribution in [0.25, 0.3) is 11.1 Å². The molecular weight excluding hydrogens is 534 g/mol. The fraction of sp³-hybridized carbons (Fsp3) is 0.207. The Morgan fingerprint density at radius 2 is 1.90 bits per heavy atom. The summed E-state index contributed by atoms with van der Waals surface area (Å²) in [7, 11) is -2.50. The Kier molecular flexibility index (Phi) is 8.82. The quantitative estimate of drug-likeness (QED) is 0.300. The number of hydrogen-bond donors (Lipinski definition) is 1. The van der Waals surface area contributed by atoms with E-state index in [4.69, 9.17) is 11.6 Å². The lowest BCUT2D eigenvalue weighted by atomic mass is 10.0. The lowest BCUT2D eigenvalue weighted by Gasteiger charge is -2.25. The summed E-state index contributed by atoms with van der Waals surface area (Å²) in [6.07, 6.45) is 5.33. The highest BCUT2D eigenvalue weighted by Crippen LogP contribution is 2.25. The predicted octanol–water partition coefficient (Wildman–Crippen LogP) is 4.78. The van der Waals surface area contributed by atoms with Crippen LogP contribution in [-0.4, -0.2) is 41.9 Å². The molecule has 0 spiro atoms. The summed E-state index contributed by atoms with van der Waals surface area (Å²) in [5.41, 5.74) is 3.69. The summed E-state index contributed by atoms with van der Waals surface area (Å²) in [6.45, 7) is 2.18. The van der Waals surface area contributed by atoms with E-state index in [0.717, 1.165) is 16.7 Å². The van der Waals surface area contributed by atoms with Crippen molar-refractivity contribution in [2.45, 2.75) is 37.4 Å². The number of aryl methyl sites for hydroxylation is 2. The monoisotopic (exact) mass is 561 g/mol. The Morgan fingerprint density at radius 1 is 1.13 bits per heavy atom. The van der Waals surface area contributed by atoms with Crippen LogP contribution in [0.2, 0.25) is 5.02 Å². The van der Waals surface area contributed by atoms with E-state index in [1.165, 1.54) is 11.0 Å². The van der Waals surface area contributed by atoms with Crippen molar-refractivity contribution in [2.24, 2.45) is 0 Å². The van der Waals surface area contributed by atoms with Crippen molar-refractivity contribution in [1.29, 1.82) is 5.26 Å². The second-order valence-corrected chi connectivity index (χ2v) is 11.2. The molecule has 1 atom stereocenters. The van der Waals surface area contributed by atoms with Gasteiger partial charge in [-0.3, -0.25) is 9.78 Å². The molecule has 1 N–H and O–H groups in total. The highest BCUT2D eigenvalue weighted by Gasteiger charge is 2.30. The first-order chi connectivity index (χ1) is 18.7. The molecule has 0 saturated carbocycles. The third kappa shape index (κ3) is 6.73. The fourth-order valence-corrected chi connectivity index (χ4v) is 6.47. The zero-order valence-corrected chi connectivity index (χ0v) is 23.2. The number of likely N-dealkylation sites (N-methyl/N-ethyl adjacent to an activating group) is 1. The van der Waals surface area contributed by atoms with Gasteiger partial charge in [-0.15, -0.1) is 0 Å². The number of pyridine rings is 1. The fourth-order valence-electron chi connectivity index (χ4n) is 4.42. The molecule has 0 aliphatic carbocycles. The van der Waals surface area contributed by atoms with E-state index in [9.17, 15) is 18.5 Å². The molecule has 2 aromatic heterocycles. The van der Waals surface area contributed by atoms with E-state index >= 15 is 0 Å². The van der Waals surface area contributed by atoms with Crippen molar-refractivity contribution >= 4 is 27.5 Å². The van der Waals surface area contributed by atoms with E-state index in [0.29, 0.717) is 11.3 Å². The van der Waals surface area contributed by atoms with E-state index in [2.05, 4.69) is 15.8 Å². The topological polar surface area (TPSA) is 108 Å². The molecule has 4 rings (SSSR count). The van der Waals surface area contributed by atoms with Gasteiger partial charge in [0.1, 0.15) is 22.7 Å². The molecule has 0 saturated heterocycles. The van der Waals surface area contributed by atoms with Crippen LogP contribution in [0.3, 0.4) is 0 Å². The molecular formula is C29H28ClN5O3S. The number of aromatic nitrogens is 2. The lowest BCUT2D eigenvalue weighted by Crippen LogP contribution is -2.47. The molecule has 0 radical (unpaired) electrons. The third-order valence-electron chi connectivity index (χ3n) is 6.35. The van der Waals surface area contributed by atoms with Crippen molar-refractivity contribution in [3.8, 4) is 17.2 Å². The molecule has 2 heterocycles. The normalized spacial score (nSPS) is 12.1. The number of hydrogen-bond acceptors (Lipinski definition) is 5. The zero-order valence-electron chi connectivity index (χ0n) is 21.6. The second kappa shape index (κ2) is 12.3. The van der Waals surface area contributed by atoms with E-state index in [-0.39, 0.29) is 29.4 Å². The minimum absolute atomic E-state index is 0.0602. The van der Waals surface area contributed by atoms with Gasteiger partial charge in [0.15, 0.2) is 0 Å². The number of nitrogens with zero attached hydrogens (tertiary/aromatic N) is 4. The Hall–Kier alpha value is -3.97. The van der Waals surface area contributed by atoms with Gasteiger partial charge in [-0.1, -0.05) is 48.0 Å². The Labute approximate surface area is 233 Å². The van der Waals surface area contributed by atoms with Crippen LogP contribution in [0.15, 0.2) is 90.2 Å². The van der Waals surface area contributed by atoms with Gasteiger partial charge < -0.3 is 9.47 Å². The summed E-state index contributed by atoms with van der Waals surface area (Å²) < 4.78 is 31.1. The number of rotatable bonds is 10. The maximum Gasteiger partial charge on any atom is 0.243 e. The first-order valence-electron chi connectivity index (χ1n) is 12.3. The van der Waals surface area contributed by atoms with Gasteiger partial charge in [0, 0.05) is 38.7 Å². The number of carbonyl (C=O) groups excluding carboxylic acids is 1. The van der Waals surface area contributed by atoms with Gasteiger partial charge in [0.2, 0.25) is 15.9 Å². The van der Waals surface area contributed by atoms with Gasteiger partial charge >= 0.3 is 0 Å². The second-order valence-electron chi connectivity index (χ2n) is 9.18. The summed E-state index contributed by atoms with van der Waals surface area (Å²) in [5, 5.41) is 9.43. The van der Waals surface area contributed by atoms with Crippen LogP contribution in [0, 0.1) is 18.3 Å². The van der Waals surface area contributed by atoms with Crippen LogP contribution in [0.5, 0.6) is 0 Å². The van der Waals surface area contributed by atoms with Crippen molar-refractivity contribution < 1.29 is 13.2 Å². The first-order valence-corrected chi connectivity index (χ1v) is 14.1. The number of amides is 1. The zero-order chi connectivity index (χ0) is 28.0. The smallest absolute Gasteiger partial charge is 0.243 e. The van der Waals surface area contributed by atoms with Crippen LogP contribution in [0.1, 0.15) is 23.2 Å². The average molecular weight is 562 g/mol. The van der Waals surface area contributed by atoms with Crippen LogP contribution < -0.4 is 4.72 Å². The molecule has 1 unspecified atom stereocenters. The molecule has 1 amide bonds. The number of nitriles is 1. The summed E-state index contributed by atoms with van der Waals surface area (Å²) >= 11 is 6.25. The van der Waals surface area contributed by atoms with Gasteiger partial charge in [0.05, 0.1) is 5.02 Å². The number of carbonyl (C=O) groups is 1. The molecule has 0 bridgehead atoms. The SMILES string of the molecule is Cc1cccc(Cl)c1S(=O)(=O)NC(CCn1cccc1C#N)C(=O)N(C)Cc1cccc(-c2cccnc2)c1. The largest absolute Gasteiger partial charge is 0.340 e. The highest BCUT2D eigenvalue weighted by molar-refractivity contribution is 7.89. The molecule has 10 heteroatoms. The van der Waals surface area contributed by atoms with Crippen LogP contribution >= 0.6 is 11.6 Å². The Bertz CT molecular complexity index is 1590. The highest BCUT2D eigenvalue weighted by atomic mass is 35.5. The lowest BCUT2D eigenvalue weighted by molar-refractivity contribution is -0.132. The predicted molar refractivity (Wildman–Crippen MR) is 150 cm³/mol. The summed E-state index contributed by atoms with van der Waals surface area (Å²) in [4.78, 5) is 19.3. The van der Waals surface area contributed by atoms with E-state index < -0.39 is 22.0 Å². The van der Waals surface area contributed by atoms with Crippen molar-refractivity contribution in [1.82, 2.24) is 19.2 Å². The van der Waals surface area contributed by atoms with Crippen molar-refractivity contribution in [3.63, 3.8) is 0 Å². The first kappa shape index (κ1) is 28.0. The molecule has 8 nitrogen and oxygen atoms in total. The number of sulfonamides is 1. The number of nitrogens with one attached hydrogen (secondary N) is 1. The molecule has 2 aromatic carbocycles. The van der Waals surface area contributed by atoms with E-state index in [1.54, 1.807) is 61.4 Å². The number of halogens is 1. The molecule has 0 aliphatic heterocycles. The standard InChI is InChI=1S/C29H28ClN5O3S/c1-21-7-3-12-26(30)28(21)39(37,38)33-27(13-16-35-15-6-11-25(35)18-31)29(36)34(2)20-22-8-4-9-23(17-22)24-10-5-14-32-19-24/h3-12,14-15,17,19,27,33H,13,16,20H2,1-2H3. The van der Waals surface area contributed by atoms with Gasteiger partial charge in [-0.2, -0.15) is 9.98 Å². The van der Waals surface area contributed by atoms with Crippen molar-refractivity contribution in [2.75, 3.05) is 7.05 Å². The minimum Gasteiger partial charge on any atom is -0.340 e. The molecule has 39 heavy (non-hydrogen) atoms. The van der Waals surface area contributed by atoms with Crippen LogP contribution in [0.4, 0.5) is 0 Å². The van der Waals surface area contributed by atoms with Crippen molar-refractivity contribution in [3.05, 3.63) is 107 Å². The molecule has 200 valence electrons. The maximum absolute atomic E-state index is 13.7.